The molecule has 0 bridgehead atoms. The van der Waals surface area contributed by atoms with E-state index >= 15 is 0 Å². The van der Waals surface area contributed by atoms with Gasteiger partial charge >= 0.3 is 6.18 Å². The molecule has 0 N–H and O–H groups in total. The van der Waals surface area contributed by atoms with Crippen molar-refractivity contribution in [1.82, 2.24) is 14.8 Å². The van der Waals surface area contributed by atoms with E-state index in [4.69, 9.17) is 0 Å². The number of hydrogen-bond acceptors (Lipinski definition) is 4. The molecule has 3 nitrogen and oxygen atoms in total. The molecule has 138 valence electrons. The van der Waals surface area contributed by atoms with Gasteiger partial charge in [0.25, 0.3) is 0 Å². The summed E-state index contributed by atoms with van der Waals surface area (Å²) in [7, 11) is 0. The van der Waals surface area contributed by atoms with Gasteiger partial charge in [0, 0.05) is 11.0 Å². The lowest BCUT2D eigenvalue weighted by Gasteiger charge is -2.10. The molecule has 0 saturated heterocycles. The highest BCUT2D eigenvalue weighted by Crippen LogP contribution is 2.36. The van der Waals surface area contributed by atoms with Crippen molar-refractivity contribution >= 4 is 33.3 Å². The topological polar surface area (TPSA) is 30.7 Å². The van der Waals surface area contributed by atoms with E-state index in [1.807, 2.05) is 6.26 Å². The molecule has 27 heavy (non-hydrogen) atoms. The first kappa shape index (κ1) is 18.0. The van der Waals surface area contributed by atoms with Crippen LogP contribution in [0.5, 0.6) is 0 Å². The van der Waals surface area contributed by atoms with Crippen molar-refractivity contribution in [1.29, 1.82) is 0 Å². The molecule has 2 aromatic carbocycles. The van der Waals surface area contributed by atoms with Crippen LogP contribution in [-0.4, -0.2) is 21.0 Å². The summed E-state index contributed by atoms with van der Waals surface area (Å²) in [5, 5.41) is 4.44. The fourth-order valence-electron chi connectivity index (χ4n) is 2.62. The fraction of sp³-hybridized carbons (Fsp3) is 0.111. The van der Waals surface area contributed by atoms with E-state index < -0.39 is 17.7 Å². The summed E-state index contributed by atoms with van der Waals surface area (Å²) >= 11 is 2.67. The van der Waals surface area contributed by atoms with Crippen LogP contribution < -0.4 is 0 Å². The summed E-state index contributed by atoms with van der Waals surface area (Å²) in [6, 6.07) is 11.7. The van der Waals surface area contributed by atoms with Gasteiger partial charge in [-0.25, -0.2) is 14.1 Å². The number of alkyl halides is 3. The minimum Gasteiger partial charge on any atom is -0.234 e. The lowest BCUT2D eigenvalue weighted by Crippen LogP contribution is -2.13. The molecule has 0 radical (unpaired) electrons. The predicted molar refractivity (Wildman–Crippen MR) is 98.9 cm³/mol. The Morgan fingerprint density at radius 1 is 1.04 bits per heavy atom. The Balaban J connectivity index is 1.85. The predicted octanol–water partition coefficient (Wildman–Crippen LogP) is 6.03. The van der Waals surface area contributed by atoms with Crippen LogP contribution in [0.2, 0.25) is 0 Å². The molecule has 0 atom stereocenters. The molecule has 0 unspecified atom stereocenters. The number of nitrogens with zero attached hydrogens (tertiary/aromatic N) is 3. The largest absolute Gasteiger partial charge is 0.433 e. The number of aromatic nitrogens is 3. The molecule has 0 spiro atoms. The second kappa shape index (κ2) is 6.65. The van der Waals surface area contributed by atoms with Crippen LogP contribution in [0.3, 0.4) is 0 Å². The Kier molecular flexibility index (Phi) is 4.43. The molecule has 9 heteroatoms. The number of hydrogen-bond donors (Lipinski definition) is 0. The first-order valence-corrected chi connectivity index (χ1v) is 9.77. The normalized spacial score (nSPS) is 12.0. The summed E-state index contributed by atoms with van der Waals surface area (Å²) < 4.78 is 55.5. The molecule has 4 rings (SSSR count). The molecular weight excluding hydrogens is 398 g/mol. The van der Waals surface area contributed by atoms with Gasteiger partial charge in [-0.3, -0.25) is 0 Å². The van der Waals surface area contributed by atoms with Gasteiger partial charge in [-0.05, 0) is 48.7 Å². The summed E-state index contributed by atoms with van der Waals surface area (Å²) in [5.74, 6) is -0.449. The summed E-state index contributed by atoms with van der Waals surface area (Å²) in [6.07, 6.45) is -2.69. The highest BCUT2D eigenvalue weighted by atomic mass is 32.2. The van der Waals surface area contributed by atoms with Crippen LogP contribution in [0.4, 0.5) is 17.6 Å². The lowest BCUT2D eigenvalue weighted by molar-refractivity contribution is -0.142. The van der Waals surface area contributed by atoms with Gasteiger partial charge in [0.2, 0.25) is 0 Å². The maximum absolute atomic E-state index is 13.5. The Morgan fingerprint density at radius 3 is 2.44 bits per heavy atom. The van der Waals surface area contributed by atoms with E-state index in [1.54, 1.807) is 30.3 Å². The quantitative estimate of drug-likeness (QED) is 0.306. The number of thioether (sulfide) groups is 1. The van der Waals surface area contributed by atoms with E-state index in [9.17, 15) is 17.6 Å². The second-order valence-electron chi connectivity index (χ2n) is 5.65. The van der Waals surface area contributed by atoms with Crippen molar-refractivity contribution in [3.8, 4) is 16.4 Å². The molecule has 0 aliphatic carbocycles. The van der Waals surface area contributed by atoms with Crippen LogP contribution in [0, 0.1) is 5.82 Å². The summed E-state index contributed by atoms with van der Waals surface area (Å²) in [4.78, 5) is 5.17. The molecule has 0 aliphatic heterocycles. The molecule has 2 heterocycles. The Bertz CT molecular complexity index is 1110. The lowest BCUT2D eigenvalue weighted by atomic mass is 10.3. The van der Waals surface area contributed by atoms with Crippen LogP contribution in [0.1, 0.15) is 5.69 Å². The van der Waals surface area contributed by atoms with Crippen molar-refractivity contribution < 1.29 is 17.6 Å². The first-order valence-electron chi connectivity index (χ1n) is 7.73. The number of rotatable bonds is 3. The monoisotopic (exact) mass is 409 g/mol. The zero-order valence-electron chi connectivity index (χ0n) is 13.8. The van der Waals surface area contributed by atoms with Crippen molar-refractivity contribution in [2.75, 3.05) is 6.26 Å². The average Bonchev–Trinajstić information content (AvgIpc) is 3.25. The molecular formula is C18H11F4N3S2. The molecule has 2 aromatic heterocycles. The fourth-order valence-corrected chi connectivity index (χ4v) is 3.93. The molecule has 4 aromatic rings. The standard InChI is InChI=1S/C18H11F4N3S2/c1-26-12-5-3-11(4-6-12)25-16(18(20,21)22)9-14(24-25)17-23-13-8-10(19)2-7-15(13)27-17/h2-9H,1H3. The van der Waals surface area contributed by atoms with Crippen LogP contribution in [0.25, 0.3) is 26.6 Å². The summed E-state index contributed by atoms with van der Waals surface area (Å²) in [6.45, 7) is 0. The molecule has 0 amide bonds. The van der Waals surface area contributed by atoms with Crippen LogP contribution in [0.15, 0.2) is 53.4 Å². The molecule has 0 aliphatic rings. The number of thiazole rings is 1. The minimum absolute atomic E-state index is 0.0953. The molecule has 0 saturated carbocycles. The van der Waals surface area contributed by atoms with E-state index in [2.05, 4.69) is 10.1 Å². The third-order valence-electron chi connectivity index (χ3n) is 3.89. The van der Waals surface area contributed by atoms with Gasteiger partial charge in [0.15, 0.2) is 0 Å². The second-order valence-corrected chi connectivity index (χ2v) is 7.56. The minimum atomic E-state index is -4.58. The summed E-state index contributed by atoms with van der Waals surface area (Å²) in [5.41, 5.74) is -0.0984. The van der Waals surface area contributed by atoms with Gasteiger partial charge in [-0.1, -0.05) is 0 Å². The van der Waals surface area contributed by atoms with Gasteiger partial charge in [-0.15, -0.1) is 23.1 Å². The molecule has 0 fully saturated rings. The average molecular weight is 409 g/mol. The third kappa shape index (κ3) is 3.44. The van der Waals surface area contributed by atoms with Crippen LogP contribution in [-0.2, 0) is 6.18 Å². The smallest absolute Gasteiger partial charge is 0.234 e. The van der Waals surface area contributed by atoms with E-state index in [-0.39, 0.29) is 5.69 Å². The van der Waals surface area contributed by atoms with Crippen molar-refractivity contribution in [2.24, 2.45) is 0 Å². The zero-order valence-corrected chi connectivity index (χ0v) is 15.4. The Hall–Kier alpha value is -2.39. The van der Waals surface area contributed by atoms with E-state index in [0.29, 0.717) is 20.9 Å². The van der Waals surface area contributed by atoms with E-state index in [0.717, 1.165) is 15.6 Å². The number of halogens is 4. The maximum Gasteiger partial charge on any atom is 0.433 e. The van der Waals surface area contributed by atoms with E-state index in [1.165, 1.54) is 35.2 Å². The van der Waals surface area contributed by atoms with Gasteiger partial charge < -0.3 is 0 Å². The number of fused-ring (bicyclic) bond motifs is 1. The van der Waals surface area contributed by atoms with Crippen molar-refractivity contribution in [3.63, 3.8) is 0 Å². The van der Waals surface area contributed by atoms with Crippen molar-refractivity contribution in [3.05, 3.63) is 60.0 Å². The SMILES string of the molecule is CSc1ccc(-n2nc(-c3nc4cc(F)ccc4s3)cc2C(F)(F)F)cc1. The van der Waals surface area contributed by atoms with Gasteiger partial charge in [0.1, 0.15) is 22.2 Å². The van der Waals surface area contributed by atoms with Crippen molar-refractivity contribution in [2.45, 2.75) is 11.1 Å². The highest BCUT2D eigenvalue weighted by molar-refractivity contribution is 7.98. The highest BCUT2D eigenvalue weighted by Gasteiger charge is 2.36. The maximum atomic E-state index is 13.5. The Labute approximate surface area is 159 Å². The van der Waals surface area contributed by atoms with Crippen LogP contribution >= 0.6 is 23.1 Å². The van der Waals surface area contributed by atoms with Gasteiger partial charge in [0.05, 0.1) is 15.9 Å². The van der Waals surface area contributed by atoms with Gasteiger partial charge in [-0.2, -0.15) is 18.3 Å². The third-order valence-corrected chi connectivity index (χ3v) is 5.69. The Morgan fingerprint density at radius 2 is 1.78 bits per heavy atom. The number of benzene rings is 2. The first-order chi connectivity index (χ1) is 12.8. The zero-order chi connectivity index (χ0) is 19.2.